The molecule has 6 heteroatoms. The molecule has 5 nitrogen and oxygen atoms in total. The average Bonchev–Trinajstić information content (AvgIpc) is 3.33. The number of hydrogen-bond acceptors (Lipinski definition) is 5. The molecule has 2 aliphatic heterocycles. The summed E-state index contributed by atoms with van der Waals surface area (Å²) in [5.41, 5.74) is 3.85. The van der Waals surface area contributed by atoms with Crippen LogP contribution in [0.15, 0.2) is 60.7 Å². The molecule has 0 spiro atoms. The fraction of sp³-hybridized carbons (Fsp3) is 0.320. The predicted molar refractivity (Wildman–Crippen MR) is 127 cm³/mol. The predicted octanol–water partition coefficient (Wildman–Crippen LogP) is 4.80. The van der Waals surface area contributed by atoms with Crippen molar-refractivity contribution in [3.63, 3.8) is 0 Å². The first kappa shape index (κ1) is 19.9. The molecule has 0 atom stereocenters. The highest BCUT2D eigenvalue weighted by Gasteiger charge is 2.25. The van der Waals surface area contributed by atoms with Gasteiger partial charge in [0.1, 0.15) is 5.75 Å². The van der Waals surface area contributed by atoms with Gasteiger partial charge in [0, 0.05) is 44.1 Å². The number of thiophene rings is 1. The SMILES string of the molecule is COc1ccc(N2CCN(C(=O)c3ccc(N4CCCc5ccccc54)s3)CC2)cc1. The largest absolute Gasteiger partial charge is 0.497 e. The van der Waals surface area contributed by atoms with Crippen LogP contribution in [0.2, 0.25) is 0 Å². The Kier molecular flexibility index (Phi) is 5.55. The number of carbonyl (C=O) groups is 1. The number of piperazine rings is 1. The highest BCUT2D eigenvalue weighted by molar-refractivity contribution is 7.18. The van der Waals surface area contributed by atoms with E-state index >= 15 is 0 Å². The number of para-hydroxylation sites is 1. The highest BCUT2D eigenvalue weighted by Crippen LogP contribution is 2.37. The molecule has 1 saturated heterocycles. The van der Waals surface area contributed by atoms with Gasteiger partial charge in [0.05, 0.1) is 17.0 Å². The van der Waals surface area contributed by atoms with Crippen LogP contribution < -0.4 is 14.5 Å². The number of aryl methyl sites for hydroxylation is 1. The number of benzene rings is 2. The van der Waals surface area contributed by atoms with E-state index in [2.05, 4.69) is 52.3 Å². The lowest BCUT2D eigenvalue weighted by Crippen LogP contribution is -2.48. The molecule has 0 bridgehead atoms. The molecule has 3 heterocycles. The third kappa shape index (κ3) is 4.00. The second-order valence-corrected chi connectivity index (χ2v) is 9.06. The van der Waals surface area contributed by atoms with E-state index in [4.69, 9.17) is 4.74 Å². The fourth-order valence-corrected chi connectivity index (χ4v) is 5.48. The molecular formula is C25H27N3O2S. The Hall–Kier alpha value is -2.99. The normalized spacial score (nSPS) is 16.2. The molecular weight excluding hydrogens is 406 g/mol. The van der Waals surface area contributed by atoms with Crippen LogP contribution in [0.1, 0.15) is 21.7 Å². The van der Waals surface area contributed by atoms with E-state index in [1.54, 1.807) is 18.4 Å². The van der Waals surface area contributed by atoms with Gasteiger partial charge in [0.25, 0.3) is 5.91 Å². The molecule has 160 valence electrons. The van der Waals surface area contributed by atoms with E-state index in [1.165, 1.54) is 16.9 Å². The summed E-state index contributed by atoms with van der Waals surface area (Å²) >= 11 is 1.61. The van der Waals surface area contributed by atoms with Crippen LogP contribution in [0.4, 0.5) is 16.4 Å². The lowest BCUT2D eigenvalue weighted by molar-refractivity contribution is 0.0751. The van der Waals surface area contributed by atoms with Crippen molar-refractivity contribution in [1.29, 1.82) is 0 Å². The lowest BCUT2D eigenvalue weighted by atomic mass is 10.0. The van der Waals surface area contributed by atoms with Crippen molar-refractivity contribution in [1.82, 2.24) is 4.90 Å². The summed E-state index contributed by atoms with van der Waals surface area (Å²) in [6.07, 6.45) is 2.27. The second kappa shape index (κ2) is 8.63. The van der Waals surface area contributed by atoms with Crippen molar-refractivity contribution in [3.05, 3.63) is 71.1 Å². The average molecular weight is 434 g/mol. The smallest absolute Gasteiger partial charge is 0.264 e. The zero-order valence-electron chi connectivity index (χ0n) is 17.8. The number of anilines is 3. The van der Waals surface area contributed by atoms with Crippen LogP contribution in [-0.2, 0) is 6.42 Å². The van der Waals surface area contributed by atoms with Crippen molar-refractivity contribution in [2.24, 2.45) is 0 Å². The van der Waals surface area contributed by atoms with E-state index in [-0.39, 0.29) is 5.91 Å². The first-order valence-corrected chi connectivity index (χ1v) is 11.7. The summed E-state index contributed by atoms with van der Waals surface area (Å²) in [6.45, 7) is 4.17. The Morgan fingerprint density at radius 3 is 2.45 bits per heavy atom. The van der Waals surface area contributed by atoms with E-state index < -0.39 is 0 Å². The first-order valence-electron chi connectivity index (χ1n) is 10.9. The number of ether oxygens (including phenoxy) is 1. The lowest BCUT2D eigenvalue weighted by Gasteiger charge is -2.36. The van der Waals surface area contributed by atoms with Crippen LogP contribution in [0, 0.1) is 0 Å². The molecule has 31 heavy (non-hydrogen) atoms. The van der Waals surface area contributed by atoms with Gasteiger partial charge in [0.15, 0.2) is 0 Å². The third-order valence-corrected chi connectivity index (χ3v) is 7.28. The minimum atomic E-state index is 0.149. The standard InChI is InChI=1S/C25H27N3O2S/c1-30-21-10-8-20(9-11-21)26-15-17-27(18-16-26)25(29)23-12-13-24(31-23)28-14-4-6-19-5-2-3-7-22(19)28/h2-3,5,7-13H,4,6,14-18H2,1H3. The minimum absolute atomic E-state index is 0.149. The fourth-order valence-electron chi connectivity index (χ4n) is 4.47. The van der Waals surface area contributed by atoms with Crippen molar-refractivity contribution in [2.45, 2.75) is 12.8 Å². The van der Waals surface area contributed by atoms with Gasteiger partial charge in [0.2, 0.25) is 0 Å². The van der Waals surface area contributed by atoms with Gasteiger partial charge in [-0.15, -0.1) is 11.3 Å². The zero-order valence-corrected chi connectivity index (χ0v) is 18.6. The van der Waals surface area contributed by atoms with Gasteiger partial charge in [-0.25, -0.2) is 0 Å². The Morgan fingerprint density at radius 2 is 1.68 bits per heavy atom. The molecule has 1 fully saturated rings. The monoisotopic (exact) mass is 433 g/mol. The molecule has 1 amide bonds. The van der Waals surface area contributed by atoms with Crippen molar-refractivity contribution >= 4 is 33.6 Å². The van der Waals surface area contributed by atoms with E-state index in [0.717, 1.165) is 61.2 Å². The van der Waals surface area contributed by atoms with Gasteiger partial charge in [-0.2, -0.15) is 0 Å². The summed E-state index contributed by atoms with van der Waals surface area (Å²) in [4.78, 5) is 20.7. The molecule has 0 saturated carbocycles. The maximum absolute atomic E-state index is 13.2. The van der Waals surface area contributed by atoms with Crippen LogP contribution in [0.3, 0.4) is 0 Å². The molecule has 2 aliphatic rings. The van der Waals surface area contributed by atoms with Gasteiger partial charge in [-0.05, 0) is 60.9 Å². The molecule has 0 unspecified atom stereocenters. The van der Waals surface area contributed by atoms with Gasteiger partial charge < -0.3 is 19.4 Å². The summed E-state index contributed by atoms with van der Waals surface area (Å²) in [6, 6.07) is 20.8. The number of amides is 1. The Labute approximate surface area is 187 Å². The molecule has 0 N–H and O–H groups in total. The highest BCUT2D eigenvalue weighted by atomic mass is 32.1. The maximum atomic E-state index is 13.2. The van der Waals surface area contributed by atoms with Crippen molar-refractivity contribution in [2.75, 3.05) is 49.6 Å². The number of hydrogen-bond donors (Lipinski definition) is 0. The van der Waals surface area contributed by atoms with Gasteiger partial charge in [-0.3, -0.25) is 4.79 Å². The molecule has 1 aromatic heterocycles. The molecule has 0 aliphatic carbocycles. The van der Waals surface area contributed by atoms with E-state index in [9.17, 15) is 4.79 Å². The quantitative estimate of drug-likeness (QED) is 0.592. The van der Waals surface area contributed by atoms with Crippen LogP contribution in [0.5, 0.6) is 5.75 Å². The summed E-state index contributed by atoms with van der Waals surface area (Å²) in [5.74, 6) is 1.01. The first-order chi connectivity index (χ1) is 15.2. The Balaban J connectivity index is 1.24. The molecule has 5 rings (SSSR count). The summed E-state index contributed by atoms with van der Waals surface area (Å²) < 4.78 is 5.25. The molecule has 3 aromatic rings. The Morgan fingerprint density at radius 1 is 0.903 bits per heavy atom. The number of fused-ring (bicyclic) bond motifs is 1. The summed E-state index contributed by atoms with van der Waals surface area (Å²) in [5, 5.41) is 1.16. The van der Waals surface area contributed by atoms with E-state index in [0.29, 0.717) is 0 Å². The van der Waals surface area contributed by atoms with Gasteiger partial charge in [-0.1, -0.05) is 18.2 Å². The van der Waals surface area contributed by atoms with Crippen LogP contribution in [0.25, 0.3) is 0 Å². The topological polar surface area (TPSA) is 36.0 Å². The van der Waals surface area contributed by atoms with Gasteiger partial charge >= 0.3 is 0 Å². The number of nitrogens with zero attached hydrogens (tertiary/aromatic N) is 3. The third-order valence-electron chi connectivity index (χ3n) is 6.18. The van der Waals surface area contributed by atoms with Crippen molar-refractivity contribution < 1.29 is 9.53 Å². The van der Waals surface area contributed by atoms with Crippen LogP contribution >= 0.6 is 11.3 Å². The number of carbonyl (C=O) groups excluding carboxylic acids is 1. The van der Waals surface area contributed by atoms with Crippen molar-refractivity contribution in [3.8, 4) is 5.75 Å². The Bertz CT molecular complexity index is 1050. The second-order valence-electron chi connectivity index (χ2n) is 8.00. The van der Waals surface area contributed by atoms with E-state index in [1.807, 2.05) is 23.1 Å². The summed E-state index contributed by atoms with van der Waals surface area (Å²) in [7, 11) is 1.68. The molecule has 2 aromatic carbocycles. The van der Waals surface area contributed by atoms with Crippen LogP contribution in [-0.4, -0.2) is 50.6 Å². The number of rotatable bonds is 4. The maximum Gasteiger partial charge on any atom is 0.264 e. The zero-order chi connectivity index (χ0) is 21.2. The molecule has 0 radical (unpaired) electrons. The minimum Gasteiger partial charge on any atom is -0.497 e. The number of methoxy groups -OCH3 is 1.